The van der Waals surface area contributed by atoms with Gasteiger partial charge in [-0.25, -0.2) is 0 Å². The Hall–Kier alpha value is -2.38. The lowest BCUT2D eigenvalue weighted by atomic mass is 9.96. The van der Waals surface area contributed by atoms with E-state index in [0.29, 0.717) is 18.9 Å². The van der Waals surface area contributed by atoms with Crippen LogP contribution < -0.4 is 5.32 Å². The Balaban J connectivity index is 1.28. The maximum atomic E-state index is 12.6. The number of likely N-dealkylation sites (tertiary alicyclic amines) is 1. The maximum Gasteiger partial charge on any atom is 0.224 e. The highest BCUT2D eigenvalue weighted by molar-refractivity contribution is 5.88. The maximum absolute atomic E-state index is 12.6. The number of hydrogen-bond donors (Lipinski definition) is 2. The molecular formula is C23H30N2O5. The molecule has 4 rings (SSSR count). The van der Waals surface area contributed by atoms with Crippen molar-refractivity contribution in [3.05, 3.63) is 35.6 Å². The van der Waals surface area contributed by atoms with Crippen LogP contribution in [0.25, 0.3) is 11.0 Å². The van der Waals surface area contributed by atoms with Gasteiger partial charge in [0, 0.05) is 43.7 Å². The van der Waals surface area contributed by atoms with Gasteiger partial charge in [-0.1, -0.05) is 11.6 Å². The molecule has 0 saturated carbocycles. The number of carbonyl (C=O) groups is 2. The SMILES string of the molecule is Cc1ccc2occ(CC(=O)N[C@@H]3CN(C(=O)CCC4CCCOC4)C[C@@H]3O)c2c1. The Morgan fingerprint density at radius 3 is 2.97 bits per heavy atom. The molecule has 30 heavy (non-hydrogen) atoms. The first-order chi connectivity index (χ1) is 14.5. The lowest BCUT2D eigenvalue weighted by molar-refractivity contribution is -0.131. The van der Waals surface area contributed by atoms with Gasteiger partial charge in [0.1, 0.15) is 5.58 Å². The average Bonchev–Trinajstić information content (AvgIpc) is 3.30. The van der Waals surface area contributed by atoms with Crippen molar-refractivity contribution in [2.75, 3.05) is 26.3 Å². The van der Waals surface area contributed by atoms with E-state index in [1.54, 1.807) is 11.2 Å². The number of aliphatic hydroxyl groups is 1. The third-order valence-electron chi connectivity index (χ3n) is 6.17. The van der Waals surface area contributed by atoms with E-state index in [9.17, 15) is 14.7 Å². The zero-order valence-corrected chi connectivity index (χ0v) is 17.4. The topological polar surface area (TPSA) is 92.0 Å². The fourth-order valence-electron chi connectivity index (χ4n) is 4.42. The highest BCUT2D eigenvalue weighted by Crippen LogP contribution is 2.23. The molecule has 0 bridgehead atoms. The molecule has 2 aromatic rings. The number of aliphatic hydroxyl groups excluding tert-OH is 1. The lowest BCUT2D eigenvalue weighted by Crippen LogP contribution is -2.43. The summed E-state index contributed by atoms with van der Waals surface area (Å²) >= 11 is 0. The van der Waals surface area contributed by atoms with Crippen molar-refractivity contribution in [1.29, 1.82) is 0 Å². The monoisotopic (exact) mass is 414 g/mol. The van der Waals surface area contributed by atoms with Crippen LogP contribution in [0.15, 0.2) is 28.9 Å². The smallest absolute Gasteiger partial charge is 0.224 e. The van der Waals surface area contributed by atoms with Crippen molar-refractivity contribution in [1.82, 2.24) is 10.2 Å². The predicted molar refractivity (Wildman–Crippen MR) is 112 cm³/mol. The molecule has 0 spiro atoms. The summed E-state index contributed by atoms with van der Waals surface area (Å²) in [6.45, 7) is 4.16. The van der Waals surface area contributed by atoms with Crippen LogP contribution in [-0.4, -0.2) is 60.3 Å². The summed E-state index contributed by atoms with van der Waals surface area (Å²) in [7, 11) is 0. The van der Waals surface area contributed by atoms with Gasteiger partial charge in [-0.15, -0.1) is 0 Å². The number of β-amino-alcohol motifs (C(OH)–C–C–N with tert-alkyl or cyclic N) is 1. The minimum absolute atomic E-state index is 0.0349. The van der Waals surface area contributed by atoms with Gasteiger partial charge in [0.2, 0.25) is 11.8 Å². The Morgan fingerprint density at radius 1 is 1.30 bits per heavy atom. The largest absolute Gasteiger partial charge is 0.464 e. The van der Waals surface area contributed by atoms with Gasteiger partial charge in [-0.3, -0.25) is 9.59 Å². The van der Waals surface area contributed by atoms with Crippen LogP contribution in [0, 0.1) is 12.8 Å². The molecule has 3 heterocycles. The van der Waals surface area contributed by atoms with Crippen molar-refractivity contribution in [2.45, 2.75) is 51.2 Å². The number of ether oxygens (including phenoxy) is 1. The summed E-state index contributed by atoms with van der Waals surface area (Å²) in [5, 5.41) is 14.2. The first-order valence-electron chi connectivity index (χ1n) is 10.8. The predicted octanol–water partition coefficient (Wildman–Crippen LogP) is 2.18. The van der Waals surface area contributed by atoms with Gasteiger partial charge in [0.25, 0.3) is 0 Å². The highest BCUT2D eigenvalue weighted by atomic mass is 16.5. The summed E-state index contributed by atoms with van der Waals surface area (Å²) < 4.78 is 11.0. The zero-order chi connectivity index (χ0) is 21.1. The molecule has 0 aliphatic carbocycles. The standard InChI is InChI=1S/C23H30N2O5/c1-15-4-6-21-18(9-15)17(14-30-21)10-22(27)24-19-11-25(12-20(19)26)23(28)7-5-16-3-2-8-29-13-16/h4,6,9,14,16,19-20,26H,2-3,5,7-8,10-13H2,1H3,(H,24,27)/t16?,19-,20+/m1/s1. The van der Waals surface area contributed by atoms with Gasteiger partial charge in [0.05, 0.1) is 24.8 Å². The second kappa shape index (κ2) is 9.18. The molecule has 162 valence electrons. The van der Waals surface area contributed by atoms with Crippen LogP contribution in [0.3, 0.4) is 0 Å². The molecule has 2 saturated heterocycles. The number of rotatable bonds is 6. The summed E-state index contributed by atoms with van der Waals surface area (Å²) in [5.74, 6) is 0.295. The van der Waals surface area contributed by atoms with Crippen LogP contribution in [-0.2, 0) is 20.7 Å². The number of furan rings is 1. The van der Waals surface area contributed by atoms with E-state index in [0.717, 1.165) is 54.6 Å². The Morgan fingerprint density at radius 2 is 2.17 bits per heavy atom. The van der Waals surface area contributed by atoms with E-state index >= 15 is 0 Å². The van der Waals surface area contributed by atoms with Crippen LogP contribution in [0.5, 0.6) is 0 Å². The first kappa shape index (κ1) is 20.9. The van der Waals surface area contributed by atoms with E-state index in [2.05, 4.69) is 5.32 Å². The van der Waals surface area contributed by atoms with E-state index in [4.69, 9.17) is 9.15 Å². The summed E-state index contributed by atoms with van der Waals surface area (Å²) in [6, 6.07) is 5.43. The van der Waals surface area contributed by atoms with Gasteiger partial charge < -0.3 is 24.5 Å². The Bertz CT molecular complexity index is 902. The molecule has 2 N–H and O–H groups in total. The van der Waals surface area contributed by atoms with E-state index in [1.165, 1.54) is 0 Å². The quantitative estimate of drug-likeness (QED) is 0.756. The number of nitrogens with one attached hydrogen (secondary N) is 1. The van der Waals surface area contributed by atoms with Crippen LogP contribution in [0.1, 0.15) is 36.8 Å². The first-order valence-corrected chi connectivity index (χ1v) is 10.8. The molecule has 1 aromatic heterocycles. The second-order valence-electron chi connectivity index (χ2n) is 8.60. The minimum Gasteiger partial charge on any atom is -0.464 e. The van der Waals surface area contributed by atoms with Crippen molar-refractivity contribution < 1.29 is 23.8 Å². The van der Waals surface area contributed by atoms with E-state index in [1.807, 2.05) is 25.1 Å². The number of carbonyl (C=O) groups excluding carboxylic acids is 2. The molecule has 3 atom stereocenters. The van der Waals surface area contributed by atoms with Gasteiger partial charge >= 0.3 is 0 Å². The molecule has 7 nitrogen and oxygen atoms in total. The Labute approximate surface area is 176 Å². The molecule has 7 heteroatoms. The normalized spacial score (nSPS) is 24.3. The van der Waals surface area contributed by atoms with Crippen molar-refractivity contribution in [2.24, 2.45) is 5.92 Å². The molecule has 2 aliphatic rings. The number of nitrogens with zero attached hydrogens (tertiary/aromatic N) is 1. The molecular weight excluding hydrogens is 384 g/mol. The van der Waals surface area contributed by atoms with E-state index in [-0.39, 0.29) is 24.8 Å². The number of amides is 2. The fourth-order valence-corrected chi connectivity index (χ4v) is 4.42. The highest BCUT2D eigenvalue weighted by Gasteiger charge is 2.35. The molecule has 1 unspecified atom stereocenters. The summed E-state index contributed by atoms with van der Waals surface area (Å²) in [4.78, 5) is 26.8. The number of hydrogen-bond acceptors (Lipinski definition) is 5. The third kappa shape index (κ3) is 4.84. The second-order valence-corrected chi connectivity index (χ2v) is 8.60. The summed E-state index contributed by atoms with van der Waals surface area (Å²) in [5.41, 5.74) is 2.68. The van der Waals surface area contributed by atoms with Crippen LogP contribution in [0.4, 0.5) is 0 Å². The number of benzene rings is 1. The van der Waals surface area contributed by atoms with Gasteiger partial charge in [0.15, 0.2) is 0 Å². The van der Waals surface area contributed by atoms with Crippen molar-refractivity contribution in [3.63, 3.8) is 0 Å². The van der Waals surface area contributed by atoms with Crippen molar-refractivity contribution >= 4 is 22.8 Å². The molecule has 2 fully saturated rings. The van der Waals surface area contributed by atoms with Crippen LogP contribution in [0.2, 0.25) is 0 Å². The minimum atomic E-state index is -0.751. The van der Waals surface area contributed by atoms with E-state index < -0.39 is 12.1 Å². The molecule has 2 amide bonds. The fraction of sp³-hybridized carbons (Fsp3) is 0.565. The van der Waals surface area contributed by atoms with Crippen molar-refractivity contribution in [3.8, 4) is 0 Å². The zero-order valence-electron chi connectivity index (χ0n) is 17.4. The lowest BCUT2D eigenvalue weighted by Gasteiger charge is -2.23. The average molecular weight is 415 g/mol. The molecule has 0 radical (unpaired) electrons. The number of fused-ring (bicyclic) bond motifs is 1. The summed E-state index contributed by atoms with van der Waals surface area (Å²) in [6.07, 6.45) is 4.48. The van der Waals surface area contributed by atoms with Gasteiger partial charge in [-0.2, -0.15) is 0 Å². The molecule has 2 aliphatic heterocycles. The molecule has 1 aromatic carbocycles. The van der Waals surface area contributed by atoms with Gasteiger partial charge in [-0.05, 0) is 44.2 Å². The van der Waals surface area contributed by atoms with Crippen LogP contribution >= 0.6 is 0 Å². The number of aryl methyl sites for hydroxylation is 1. The third-order valence-corrected chi connectivity index (χ3v) is 6.17. The Kier molecular flexibility index (Phi) is 6.39.